The first-order chi connectivity index (χ1) is 10.4. The van der Waals surface area contributed by atoms with Crippen LogP contribution in [-0.2, 0) is 16.1 Å². The topological polar surface area (TPSA) is 67.2 Å². The van der Waals surface area contributed by atoms with Gasteiger partial charge in [0.15, 0.2) is 0 Å². The molecule has 1 N–H and O–H groups in total. The molecule has 0 aromatic carbocycles. The SMILES string of the molecule is Cc1cc(C)n(CCCNC(=O)C2CC(=O)N(C(C)C)C2)n1. The van der Waals surface area contributed by atoms with Gasteiger partial charge in [-0.1, -0.05) is 0 Å². The third-order valence-corrected chi connectivity index (χ3v) is 4.10. The third kappa shape index (κ3) is 3.87. The molecule has 0 aliphatic carbocycles. The zero-order chi connectivity index (χ0) is 16.3. The van der Waals surface area contributed by atoms with Crippen molar-refractivity contribution >= 4 is 11.8 Å². The summed E-state index contributed by atoms with van der Waals surface area (Å²) in [6.45, 7) is 9.91. The Bertz CT molecular complexity index is 550. The summed E-state index contributed by atoms with van der Waals surface area (Å²) < 4.78 is 1.96. The highest BCUT2D eigenvalue weighted by Crippen LogP contribution is 2.20. The van der Waals surface area contributed by atoms with Gasteiger partial charge >= 0.3 is 0 Å². The minimum absolute atomic E-state index is 0.00938. The standard InChI is InChI=1S/C16H26N4O2/c1-11(2)19-10-14(9-15(19)21)16(22)17-6-5-7-20-13(4)8-12(3)18-20/h8,11,14H,5-7,9-10H2,1-4H3,(H,17,22). The number of hydrogen-bond donors (Lipinski definition) is 1. The van der Waals surface area contributed by atoms with Crippen molar-refractivity contribution in [3.8, 4) is 0 Å². The second-order valence-corrected chi connectivity index (χ2v) is 6.34. The normalized spacial score (nSPS) is 18.3. The van der Waals surface area contributed by atoms with Gasteiger partial charge in [-0.15, -0.1) is 0 Å². The smallest absolute Gasteiger partial charge is 0.225 e. The van der Waals surface area contributed by atoms with Gasteiger partial charge in [0, 0.05) is 37.8 Å². The lowest BCUT2D eigenvalue weighted by Crippen LogP contribution is -2.36. The first kappa shape index (κ1) is 16.5. The van der Waals surface area contributed by atoms with Gasteiger partial charge in [-0.25, -0.2) is 0 Å². The summed E-state index contributed by atoms with van der Waals surface area (Å²) in [6, 6.07) is 2.21. The molecule has 2 rings (SSSR count). The Morgan fingerprint density at radius 2 is 2.18 bits per heavy atom. The molecular weight excluding hydrogens is 280 g/mol. The van der Waals surface area contributed by atoms with Crippen LogP contribution < -0.4 is 5.32 Å². The number of amides is 2. The largest absolute Gasteiger partial charge is 0.356 e. The monoisotopic (exact) mass is 306 g/mol. The van der Waals surface area contributed by atoms with Gasteiger partial charge in [-0.2, -0.15) is 5.10 Å². The highest BCUT2D eigenvalue weighted by Gasteiger charge is 2.35. The van der Waals surface area contributed by atoms with Gasteiger partial charge in [0.05, 0.1) is 11.6 Å². The fourth-order valence-corrected chi connectivity index (χ4v) is 2.89. The Balaban J connectivity index is 1.72. The average molecular weight is 306 g/mol. The molecule has 1 unspecified atom stereocenters. The van der Waals surface area contributed by atoms with Gasteiger partial charge < -0.3 is 10.2 Å². The van der Waals surface area contributed by atoms with E-state index in [9.17, 15) is 9.59 Å². The van der Waals surface area contributed by atoms with Gasteiger partial charge in [-0.3, -0.25) is 14.3 Å². The third-order valence-electron chi connectivity index (χ3n) is 4.10. The highest BCUT2D eigenvalue weighted by molar-refractivity contribution is 5.89. The van der Waals surface area contributed by atoms with Gasteiger partial charge in [0.2, 0.25) is 11.8 Å². The number of likely N-dealkylation sites (tertiary alicyclic amines) is 1. The summed E-state index contributed by atoms with van der Waals surface area (Å²) >= 11 is 0. The molecule has 0 spiro atoms. The quantitative estimate of drug-likeness (QED) is 0.805. The number of aromatic nitrogens is 2. The predicted molar refractivity (Wildman–Crippen MR) is 84.3 cm³/mol. The van der Waals surface area contributed by atoms with E-state index in [1.165, 1.54) is 0 Å². The van der Waals surface area contributed by atoms with E-state index in [1.807, 2.05) is 38.4 Å². The number of carbonyl (C=O) groups is 2. The van der Waals surface area contributed by atoms with E-state index >= 15 is 0 Å². The van der Waals surface area contributed by atoms with E-state index < -0.39 is 0 Å². The number of aryl methyl sites for hydroxylation is 3. The molecule has 1 aliphatic heterocycles. The van der Waals surface area contributed by atoms with Crippen LogP contribution in [0.15, 0.2) is 6.07 Å². The molecule has 1 saturated heterocycles. The molecule has 0 bridgehead atoms. The van der Waals surface area contributed by atoms with Crippen molar-refractivity contribution in [2.24, 2.45) is 5.92 Å². The molecule has 0 saturated carbocycles. The summed E-state index contributed by atoms with van der Waals surface area (Å²) in [5.74, 6) is -0.133. The lowest BCUT2D eigenvalue weighted by Gasteiger charge is -2.20. The predicted octanol–water partition coefficient (Wildman–Crippen LogP) is 1.26. The second kappa shape index (κ2) is 6.94. The van der Waals surface area contributed by atoms with Crippen molar-refractivity contribution in [3.05, 3.63) is 17.5 Å². The van der Waals surface area contributed by atoms with Crippen molar-refractivity contribution in [2.45, 2.75) is 53.1 Å². The van der Waals surface area contributed by atoms with Gasteiger partial charge in [-0.05, 0) is 40.2 Å². The number of carbonyl (C=O) groups excluding carboxylic acids is 2. The van der Waals surface area contributed by atoms with E-state index in [4.69, 9.17) is 0 Å². The average Bonchev–Trinajstić information content (AvgIpc) is 2.97. The van der Waals surface area contributed by atoms with Crippen LogP contribution in [0, 0.1) is 19.8 Å². The van der Waals surface area contributed by atoms with Crippen LogP contribution in [0.2, 0.25) is 0 Å². The molecule has 1 aromatic heterocycles. The lowest BCUT2D eigenvalue weighted by atomic mass is 10.1. The summed E-state index contributed by atoms with van der Waals surface area (Å²) in [7, 11) is 0. The molecule has 2 amide bonds. The Kier molecular flexibility index (Phi) is 5.21. The maximum absolute atomic E-state index is 12.1. The van der Waals surface area contributed by atoms with Crippen LogP contribution in [0.1, 0.15) is 38.1 Å². The number of nitrogens with one attached hydrogen (secondary N) is 1. The first-order valence-corrected chi connectivity index (χ1v) is 7.96. The summed E-state index contributed by atoms with van der Waals surface area (Å²) in [6.07, 6.45) is 1.17. The molecule has 1 atom stereocenters. The van der Waals surface area contributed by atoms with Crippen molar-refractivity contribution < 1.29 is 9.59 Å². The molecule has 6 heteroatoms. The van der Waals surface area contributed by atoms with Crippen molar-refractivity contribution in [1.29, 1.82) is 0 Å². The maximum atomic E-state index is 12.1. The lowest BCUT2D eigenvalue weighted by molar-refractivity contribution is -0.129. The van der Waals surface area contributed by atoms with E-state index in [2.05, 4.69) is 10.4 Å². The molecule has 22 heavy (non-hydrogen) atoms. The minimum atomic E-state index is -0.205. The molecule has 2 heterocycles. The second-order valence-electron chi connectivity index (χ2n) is 6.34. The zero-order valence-electron chi connectivity index (χ0n) is 13.9. The molecule has 6 nitrogen and oxygen atoms in total. The molecule has 1 aliphatic rings. The van der Waals surface area contributed by atoms with Crippen molar-refractivity contribution in [3.63, 3.8) is 0 Å². The molecule has 1 aromatic rings. The Labute approximate surface area is 131 Å². The highest BCUT2D eigenvalue weighted by atomic mass is 16.2. The van der Waals surface area contributed by atoms with Gasteiger partial charge in [0.1, 0.15) is 0 Å². The molecule has 0 radical (unpaired) electrons. The first-order valence-electron chi connectivity index (χ1n) is 7.96. The minimum Gasteiger partial charge on any atom is -0.356 e. The molecule has 1 fully saturated rings. The summed E-state index contributed by atoms with van der Waals surface area (Å²) in [5.41, 5.74) is 2.15. The van der Waals surface area contributed by atoms with Crippen LogP contribution in [0.25, 0.3) is 0 Å². The van der Waals surface area contributed by atoms with Crippen LogP contribution in [0.5, 0.6) is 0 Å². The van der Waals surface area contributed by atoms with E-state index in [1.54, 1.807) is 4.90 Å². The summed E-state index contributed by atoms with van der Waals surface area (Å²) in [4.78, 5) is 25.7. The zero-order valence-corrected chi connectivity index (χ0v) is 13.9. The number of nitrogens with zero attached hydrogens (tertiary/aromatic N) is 3. The molecule has 122 valence electrons. The number of hydrogen-bond acceptors (Lipinski definition) is 3. The van der Waals surface area contributed by atoms with E-state index in [-0.39, 0.29) is 23.8 Å². The fourth-order valence-electron chi connectivity index (χ4n) is 2.89. The van der Waals surface area contributed by atoms with Crippen LogP contribution in [-0.4, -0.2) is 45.6 Å². The van der Waals surface area contributed by atoms with Crippen LogP contribution in [0.4, 0.5) is 0 Å². The van der Waals surface area contributed by atoms with Crippen LogP contribution in [0.3, 0.4) is 0 Å². The van der Waals surface area contributed by atoms with Crippen molar-refractivity contribution in [2.75, 3.05) is 13.1 Å². The van der Waals surface area contributed by atoms with Crippen LogP contribution >= 0.6 is 0 Å². The van der Waals surface area contributed by atoms with Gasteiger partial charge in [0.25, 0.3) is 0 Å². The molecular formula is C16H26N4O2. The Morgan fingerprint density at radius 3 is 2.73 bits per heavy atom. The van der Waals surface area contributed by atoms with E-state index in [0.29, 0.717) is 19.5 Å². The van der Waals surface area contributed by atoms with E-state index in [0.717, 1.165) is 24.4 Å². The Hall–Kier alpha value is -1.85. The number of rotatable bonds is 6. The Morgan fingerprint density at radius 1 is 1.45 bits per heavy atom. The summed E-state index contributed by atoms with van der Waals surface area (Å²) in [5, 5.41) is 7.34. The fraction of sp³-hybridized carbons (Fsp3) is 0.688. The van der Waals surface area contributed by atoms with Crippen molar-refractivity contribution in [1.82, 2.24) is 20.0 Å². The maximum Gasteiger partial charge on any atom is 0.225 e.